The molecular formula is C67H128O6. The van der Waals surface area contributed by atoms with Gasteiger partial charge in [-0.15, -0.1) is 0 Å². The molecule has 0 spiro atoms. The summed E-state index contributed by atoms with van der Waals surface area (Å²) in [6.45, 7) is 6.71. The number of ether oxygens (including phenoxy) is 3. The van der Waals surface area contributed by atoms with Crippen LogP contribution in [0.1, 0.15) is 380 Å². The van der Waals surface area contributed by atoms with Crippen molar-refractivity contribution in [2.45, 2.75) is 386 Å². The molecule has 432 valence electrons. The number of allylic oxidation sites excluding steroid dienone is 2. The van der Waals surface area contributed by atoms with E-state index in [0.717, 1.165) is 57.8 Å². The van der Waals surface area contributed by atoms with Crippen LogP contribution in [0.3, 0.4) is 0 Å². The summed E-state index contributed by atoms with van der Waals surface area (Å²) in [5.74, 6) is -0.831. The van der Waals surface area contributed by atoms with Crippen molar-refractivity contribution < 1.29 is 28.6 Å². The lowest BCUT2D eigenvalue weighted by Crippen LogP contribution is -2.30. The van der Waals surface area contributed by atoms with Crippen LogP contribution in [0.4, 0.5) is 0 Å². The first-order chi connectivity index (χ1) is 36.0. The second kappa shape index (κ2) is 62.7. The molecule has 0 aromatic heterocycles. The molecule has 0 heterocycles. The van der Waals surface area contributed by atoms with E-state index in [1.54, 1.807) is 0 Å². The normalized spacial score (nSPS) is 12.0. The molecule has 0 rings (SSSR count). The van der Waals surface area contributed by atoms with E-state index in [0.29, 0.717) is 19.3 Å². The first-order valence-electron chi connectivity index (χ1n) is 33.2. The quantitative estimate of drug-likeness (QED) is 0.0261. The molecule has 1 unspecified atom stereocenters. The monoisotopic (exact) mass is 1030 g/mol. The third kappa shape index (κ3) is 60.9. The van der Waals surface area contributed by atoms with Gasteiger partial charge in [-0.2, -0.15) is 0 Å². The highest BCUT2D eigenvalue weighted by Gasteiger charge is 2.19. The second-order valence-electron chi connectivity index (χ2n) is 22.7. The van der Waals surface area contributed by atoms with Gasteiger partial charge in [-0.25, -0.2) is 0 Å². The van der Waals surface area contributed by atoms with Crippen LogP contribution in [-0.4, -0.2) is 37.2 Å². The predicted molar refractivity (Wildman–Crippen MR) is 317 cm³/mol. The Kier molecular flexibility index (Phi) is 61.1. The molecule has 0 fully saturated rings. The highest BCUT2D eigenvalue weighted by atomic mass is 16.6. The van der Waals surface area contributed by atoms with E-state index >= 15 is 0 Å². The third-order valence-corrected chi connectivity index (χ3v) is 15.3. The molecule has 0 aliphatic heterocycles. The summed E-state index contributed by atoms with van der Waals surface area (Å²) in [5.41, 5.74) is 0. The van der Waals surface area contributed by atoms with E-state index in [-0.39, 0.29) is 31.1 Å². The summed E-state index contributed by atoms with van der Waals surface area (Å²) in [6.07, 6.45) is 73.7. The van der Waals surface area contributed by atoms with Crippen LogP contribution in [0.2, 0.25) is 0 Å². The van der Waals surface area contributed by atoms with Crippen molar-refractivity contribution in [2.75, 3.05) is 13.2 Å². The Labute approximate surface area is 456 Å². The van der Waals surface area contributed by atoms with Gasteiger partial charge in [0.25, 0.3) is 0 Å². The molecule has 73 heavy (non-hydrogen) atoms. The van der Waals surface area contributed by atoms with Gasteiger partial charge in [0.05, 0.1) is 0 Å². The van der Waals surface area contributed by atoms with Gasteiger partial charge in [-0.1, -0.05) is 328 Å². The molecule has 0 aliphatic carbocycles. The lowest BCUT2D eigenvalue weighted by atomic mass is 10.0. The largest absolute Gasteiger partial charge is 0.462 e. The van der Waals surface area contributed by atoms with Crippen molar-refractivity contribution in [1.82, 2.24) is 0 Å². The maximum Gasteiger partial charge on any atom is 0.306 e. The fraction of sp³-hybridized carbons (Fsp3) is 0.925. The van der Waals surface area contributed by atoms with Gasteiger partial charge in [-0.3, -0.25) is 14.4 Å². The van der Waals surface area contributed by atoms with Crippen molar-refractivity contribution in [2.24, 2.45) is 0 Å². The van der Waals surface area contributed by atoms with Gasteiger partial charge in [0.2, 0.25) is 0 Å². The zero-order valence-electron chi connectivity index (χ0n) is 49.7. The maximum absolute atomic E-state index is 12.9. The van der Waals surface area contributed by atoms with Crippen LogP contribution >= 0.6 is 0 Å². The van der Waals surface area contributed by atoms with Crippen molar-refractivity contribution in [3.63, 3.8) is 0 Å². The van der Waals surface area contributed by atoms with Gasteiger partial charge >= 0.3 is 17.9 Å². The van der Waals surface area contributed by atoms with E-state index < -0.39 is 6.10 Å². The van der Waals surface area contributed by atoms with Crippen molar-refractivity contribution in [1.29, 1.82) is 0 Å². The van der Waals surface area contributed by atoms with E-state index in [1.165, 1.54) is 283 Å². The topological polar surface area (TPSA) is 78.9 Å². The van der Waals surface area contributed by atoms with E-state index in [9.17, 15) is 14.4 Å². The number of hydrogen-bond acceptors (Lipinski definition) is 6. The first kappa shape index (κ1) is 71.2. The predicted octanol–water partition coefficient (Wildman–Crippen LogP) is 22.4. The summed E-state index contributed by atoms with van der Waals surface area (Å²) >= 11 is 0. The maximum atomic E-state index is 12.9. The molecule has 0 aromatic rings. The molecule has 6 heteroatoms. The SMILES string of the molecule is CCCCCCCCCC/C=C\CCCCCCCCCCCCCCCCCC(=O)OCC(COC(=O)CCCCCCCCCCCCCCCC)OC(=O)CCCCCCCCCCCCCCCC. The van der Waals surface area contributed by atoms with Crippen LogP contribution in [-0.2, 0) is 28.6 Å². The van der Waals surface area contributed by atoms with Crippen LogP contribution in [0.5, 0.6) is 0 Å². The van der Waals surface area contributed by atoms with E-state index in [2.05, 4.69) is 32.9 Å². The number of esters is 3. The number of unbranched alkanes of at least 4 members (excludes halogenated alkanes) is 49. The van der Waals surface area contributed by atoms with Gasteiger partial charge in [-0.05, 0) is 44.9 Å². The Morgan fingerprint density at radius 1 is 0.260 bits per heavy atom. The minimum Gasteiger partial charge on any atom is -0.462 e. The number of carbonyl (C=O) groups is 3. The van der Waals surface area contributed by atoms with Crippen molar-refractivity contribution in [3.8, 4) is 0 Å². The van der Waals surface area contributed by atoms with Crippen molar-refractivity contribution in [3.05, 3.63) is 12.2 Å². The zero-order valence-corrected chi connectivity index (χ0v) is 49.7. The summed E-state index contributed by atoms with van der Waals surface area (Å²) in [6, 6.07) is 0. The Balaban J connectivity index is 4.16. The minimum absolute atomic E-state index is 0.0626. The Bertz CT molecular complexity index is 1130. The van der Waals surface area contributed by atoms with Crippen LogP contribution in [0.25, 0.3) is 0 Å². The summed E-state index contributed by atoms with van der Waals surface area (Å²) in [4.78, 5) is 38.3. The molecule has 0 aromatic carbocycles. The molecule has 0 radical (unpaired) electrons. The summed E-state index contributed by atoms with van der Waals surface area (Å²) < 4.78 is 16.9. The average molecular weight is 1030 g/mol. The second-order valence-corrected chi connectivity index (χ2v) is 22.7. The molecule has 0 saturated carbocycles. The van der Waals surface area contributed by atoms with Gasteiger partial charge < -0.3 is 14.2 Å². The molecule has 1 atom stereocenters. The summed E-state index contributed by atoms with van der Waals surface area (Å²) in [7, 11) is 0. The molecule has 0 saturated heterocycles. The Hall–Kier alpha value is -1.85. The first-order valence-corrected chi connectivity index (χ1v) is 33.2. The fourth-order valence-corrected chi connectivity index (χ4v) is 10.3. The standard InChI is InChI=1S/C67H128O6/c1-4-7-10-13-16-19-22-25-28-29-30-31-32-33-34-35-36-37-38-39-40-43-45-48-51-54-57-60-66(69)72-63-64(73-67(70)61-58-55-52-49-46-42-27-24-21-18-15-12-9-6-3)62-71-65(68)59-56-53-50-47-44-41-26-23-20-17-14-11-8-5-2/h29-30,64H,4-28,31-63H2,1-3H3/b30-29-. The highest BCUT2D eigenvalue weighted by molar-refractivity contribution is 5.71. The van der Waals surface area contributed by atoms with Gasteiger partial charge in [0.15, 0.2) is 6.10 Å². The Morgan fingerprint density at radius 3 is 0.685 bits per heavy atom. The van der Waals surface area contributed by atoms with Crippen molar-refractivity contribution >= 4 is 17.9 Å². The van der Waals surface area contributed by atoms with Gasteiger partial charge in [0.1, 0.15) is 13.2 Å². The molecule has 6 nitrogen and oxygen atoms in total. The van der Waals surface area contributed by atoms with E-state index in [4.69, 9.17) is 14.2 Å². The minimum atomic E-state index is -0.764. The molecule has 0 amide bonds. The molecule has 0 aliphatic rings. The van der Waals surface area contributed by atoms with Crippen LogP contribution < -0.4 is 0 Å². The van der Waals surface area contributed by atoms with Crippen LogP contribution in [0, 0.1) is 0 Å². The molecular weight excluding hydrogens is 901 g/mol. The molecule has 0 bridgehead atoms. The number of hydrogen-bond donors (Lipinski definition) is 0. The zero-order chi connectivity index (χ0) is 52.9. The third-order valence-electron chi connectivity index (χ3n) is 15.3. The fourth-order valence-electron chi connectivity index (χ4n) is 10.3. The average Bonchev–Trinajstić information content (AvgIpc) is 3.39. The summed E-state index contributed by atoms with van der Waals surface area (Å²) in [5, 5.41) is 0. The molecule has 0 N–H and O–H groups in total. The smallest absolute Gasteiger partial charge is 0.306 e. The van der Waals surface area contributed by atoms with E-state index in [1.807, 2.05) is 0 Å². The van der Waals surface area contributed by atoms with Crippen LogP contribution in [0.15, 0.2) is 12.2 Å². The van der Waals surface area contributed by atoms with Gasteiger partial charge in [0, 0.05) is 19.3 Å². The highest BCUT2D eigenvalue weighted by Crippen LogP contribution is 2.18. The number of carbonyl (C=O) groups excluding carboxylic acids is 3. The lowest BCUT2D eigenvalue weighted by Gasteiger charge is -2.18. The number of rotatable bonds is 62. The lowest BCUT2D eigenvalue weighted by molar-refractivity contribution is -0.167. The Morgan fingerprint density at radius 2 is 0.452 bits per heavy atom.